The second kappa shape index (κ2) is 10.7. The summed E-state index contributed by atoms with van der Waals surface area (Å²) in [6.45, 7) is 9.24. The lowest BCUT2D eigenvalue weighted by atomic mass is 9.75. The van der Waals surface area contributed by atoms with E-state index in [9.17, 15) is 0 Å². The van der Waals surface area contributed by atoms with Crippen molar-refractivity contribution in [1.82, 2.24) is 15.0 Å². The predicted molar refractivity (Wildman–Crippen MR) is 138 cm³/mol. The molecule has 33 heavy (non-hydrogen) atoms. The van der Waals surface area contributed by atoms with Crippen LogP contribution in [-0.4, -0.2) is 15.0 Å². The smallest absolute Gasteiger partial charge is 0.0891 e. The molecule has 0 fully saturated rings. The van der Waals surface area contributed by atoms with Gasteiger partial charge in [-0.05, 0) is 73.8 Å². The van der Waals surface area contributed by atoms with Crippen molar-refractivity contribution in [3.05, 3.63) is 76.1 Å². The fourth-order valence-corrected chi connectivity index (χ4v) is 5.33. The lowest BCUT2D eigenvalue weighted by molar-refractivity contribution is 0.604. The lowest BCUT2D eigenvalue weighted by Gasteiger charge is -2.29. The number of hydrogen-bond donors (Lipinski definition) is 0. The summed E-state index contributed by atoms with van der Waals surface area (Å²) >= 11 is 0. The molecule has 0 bridgehead atoms. The Balaban J connectivity index is 1.69. The van der Waals surface area contributed by atoms with E-state index in [4.69, 9.17) is 10.2 Å². The summed E-state index contributed by atoms with van der Waals surface area (Å²) in [6.07, 6.45) is 13.7. The Morgan fingerprint density at radius 3 is 2.15 bits per heavy atom. The summed E-state index contributed by atoms with van der Waals surface area (Å²) in [5.41, 5.74) is 8.93. The first-order valence-corrected chi connectivity index (χ1v) is 13.2. The average molecular weight is 444 g/mol. The van der Waals surface area contributed by atoms with Gasteiger partial charge in [0.25, 0.3) is 0 Å². The van der Waals surface area contributed by atoms with Crippen molar-refractivity contribution in [2.24, 2.45) is 0 Å². The zero-order chi connectivity index (χ0) is 23.3. The summed E-state index contributed by atoms with van der Waals surface area (Å²) in [7, 11) is 0. The van der Waals surface area contributed by atoms with Gasteiger partial charge in [-0.2, -0.15) is 15.0 Å². The molecule has 2 aromatic carbocycles. The van der Waals surface area contributed by atoms with E-state index in [1.54, 1.807) is 0 Å². The van der Waals surface area contributed by atoms with E-state index in [1.165, 1.54) is 85.0 Å². The van der Waals surface area contributed by atoms with Crippen LogP contribution in [0.3, 0.4) is 0 Å². The van der Waals surface area contributed by atoms with E-state index in [1.807, 2.05) is 4.80 Å². The van der Waals surface area contributed by atoms with Crippen LogP contribution in [0.2, 0.25) is 0 Å². The Hall–Kier alpha value is -2.42. The van der Waals surface area contributed by atoms with E-state index in [0.717, 1.165) is 24.9 Å². The van der Waals surface area contributed by atoms with Crippen LogP contribution >= 0.6 is 0 Å². The van der Waals surface area contributed by atoms with Crippen molar-refractivity contribution in [3.63, 3.8) is 0 Å². The molecule has 0 atom stereocenters. The van der Waals surface area contributed by atoms with Crippen molar-refractivity contribution in [3.8, 4) is 5.69 Å². The first kappa shape index (κ1) is 23.7. The topological polar surface area (TPSA) is 30.7 Å². The molecule has 3 aromatic rings. The van der Waals surface area contributed by atoms with Gasteiger partial charge in [0.05, 0.1) is 17.1 Å². The highest BCUT2D eigenvalue weighted by atomic mass is 15.5. The fraction of sp³-hybridized carbons (Fsp3) is 0.533. The number of aryl methyl sites for hydroxylation is 3. The van der Waals surface area contributed by atoms with Crippen LogP contribution in [0, 0.1) is 6.92 Å². The highest BCUT2D eigenvalue weighted by Gasteiger charge is 2.27. The quantitative estimate of drug-likeness (QED) is 0.301. The second-order valence-electron chi connectivity index (χ2n) is 10.4. The van der Waals surface area contributed by atoms with Gasteiger partial charge < -0.3 is 0 Å². The van der Waals surface area contributed by atoms with Crippen LogP contribution in [0.4, 0.5) is 0 Å². The van der Waals surface area contributed by atoms with Crippen LogP contribution in [0.1, 0.15) is 106 Å². The van der Waals surface area contributed by atoms with E-state index in [-0.39, 0.29) is 5.41 Å². The minimum atomic E-state index is -0.0794. The molecule has 1 aliphatic rings. The first-order chi connectivity index (χ1) is 16.0. The Morgan fingerprint density at radius 2 is 1.48 bits per heavy atom. The molecule has 0 amide bonds. The summed E-state index contributed by atoms with van der Waals surface area (Å²) in [5.74, 6) is 0. The Kier molecular flexibility index (Phi) is 7.67. The molecule has 4 rings (SSSR count). The molecular formula is C30H41N3. The molecule has 1 aromatic heterocycles. The van der Waals surface area contributed by atoms with Crippen LogP contribution < -0.4 is 0 Å². The van der Waals surface area contributed by atoms with Gasteiger partial charge in [-0.1, -0.05) is 89.3 Å². The standard InChI is InChI=1S/C30H41N3/c1-5-6-7-8-9-11-16-24-21-26(30(3,4)25-17-12-10-13-18-25)23(2)29(22-24)33-31-27-19-14-15-20-28(27)32-33/h10,12-13,17-18,21-22H,5-9,11,14-16,19-20H2,1-4H3. The average Bonchev–Trinajstić information content (AvgIpc) is 3.26. The molecule has 0 radical (unpaired) electrons. The van der Waals surface area contributed by atoms with E-state index in [2.05, 4.69) is 70.2 Å². The van der Waals surface area contributed by atoms with Gasteiger partial charge in [0, 0.05) is 5.41 Å². The molecule has 0 spiro atoms. The molecule has 0 saturated carbocycles. The molecule has 3 heteroatoms. The first-order valence-electron chi connectivity index (χ1n) is 13.2. The third-order valence-electron chi connectivity index (χ3n) is 7.48. The van der Waals surface area contributed by atoms with Crippen molar-refractivity contribution in [2.75, 3.05) is 0 Å². The van der Waals surface area contributed by atoms with Gasteiger partial charge in [0.15, 0.2) is 0 Å². The van der Waals surface area contributed by atoms with Crippen molar-refractivity contribution < 1.29 is 0 Å². The van der Waals surface area contributed by atoms with E-state index in [0.29, 0.717) is 0 Å². The van der Waals surface area contributed by atoms with Gasteiger partial charge in [0.2, 0.25) is 0 Å². The zero-order valence-corrected chi connectivity index (χ0v) is 21.2. The number of nitrogens with zero attached hydrogens (tertiary/aromatic N) is 3. The molecular weight excluding hydrogens is 402 g/mol. The normalized spacial score (nSPS) is 13.8. The summed E-state index contributed by atoms with van der Waals surface area (Å²) < 4.78 is 0. The maximum atomic E-state index is 4.95. The number of aromatic nitrogens is 3. The van der Waals surface area contributed by atoms with Gasteiger partial charge in [0.1, 0.15) is 0 Å². The molecule has 0 saturated heterocycles. The van der Waals surface area contributed by atoms with Crippen molar-refractivity contribution in [2.45, 2.75) is 104 Å². The van der Waals surface area contributed by atoms with Crippen LogP contribution in [0.25, 0.3) is 5.69 Å². The number of fused-ring (bicyclic) bond motifs is 1. The monoisotopic (exact) mass is 443 g/mol. The number of rotatable bonds is 10. The SMILES string of the molecule is CCCCCCCCc1cc(-n2nc3c(n2)CCCC3)c(C)c(C(C)(C)c2ccccc2)c1. The number of hydrogen-bond acceptors (Lipinski definition) is 2. The van der Waals surface area contributed by atoms with E-state index < -0.39 is 0 Å². The van der Waals surface area contributed by atoms with Crippen molar-refractivity contribution in [1.29, 1.82) is 0 Å². The summed E-state index contributed by atoms with van der Waals surface area (Å²) in [4.78, 5) is 1.95. The highest BCUT2D eigenvalue weighted by Crippen LogP contribution is 2.36. The van der Waals surface area contributed by atoms with Gasteiger partial charge >= 0.3 is 0 Å². The molecule has 0 N–H and O–H groups in total. The van der Waals surface area contributed by atoms with Gasteiger partial charge in [-0.25, -0.2) is 0 Å². The van der Waals surface area contributed by atoms with Crippen LogP contribution in [0.5, 0.6) is 0 Å². The number of unbranched alkanes of at least 4 members (excludes halogenated alkanes) is 5. The molecule has 176 valence electrons. The van der Waals surface area contributed by atoms with Crippen LogP contribution in [-0.2, 0) is 24.7 Å². The largest absolute Gasteiger partial charge is 0.153 e. The van der Waals surface area contributed by atoms with Crippen LogP contribution in [0.15, 0.2) is 42.5 Å². The molecule has 0 unspecified atom stereocenters. The second-order valence-corrected chi connectivity index (χ2v) is 10.4. The maximum Gasteiger partial charge on any atom is 0.0891 e. The third-order valence-corrected chi connectivity index (χ3v) is 7.48. The zero-order valence-electron chi connectivity index (χ0n) is 21.2. The Labute approximate surface area is 200 Å². The number of benzene rings is 2. The summed E-state index contributed by atoms with van der Waals surface area (Å²) in [5, 5.41) is 9.91. The molecule has 3 nitrogen and oxygen atoms in total. The van der Waals surface area contributed by atoms with Gasteiger partial charge in [-0.15, -0.1) is 0 Å². The minimum absolute atomic E-state index is 0.0794. The third kappa shape index (κ3) is 5.39. The molecule has 1 heterocycles. The molecule has 0 aliphatic heterocycles. The molecule has 1 aliphatic carbocycles. The lowest BCUT2D eigenvalue weighted by Crippen LogP contribution is -2.22. The minimum Gasteiger partial charge on any atom is -0.153 e. The van der Waals surface area contributed by atoms with E-state index >= 15 is 0 Å². The maximum absolute atomic E-state index is 4.95. The Bertz CT molecular complexity index is 1020. The summed E-state index contributed by atoms with van der Waals surface area (Å²) in [6, 6.07) is 15.7. The fourth-order valence-electron chi connectivity index (χ4n) is 5.33. The predicted octanol–water partition coefficient (Wildman–Crippen LogP) is 7.68. The van der Waals surface area contributed by atoms with Gasteiger partial charge in [-0.3, -0.25) is 0 Å². The van der Waals surface area contributed by atoms with Crippen molar-refractivity contribution >= 4 is 0 Å². The highest BCUT2D eigenvalue weighted by molar-refractivity contribution is 5.53. The Morgan fingerprint density at radius 1 is 0.848 bits per heavy atom.